The molecule has 2 aromatic heterocycles. The Kier molecular flexibility index (Phi) is 7.53. The van der Waals surface area contributed by atoms with Gasteiger partial charge in [-0.1, -0.05) is 88.0 Å². The quantitative estimate of drug-likeness (QED) is 0.278. The van der Waals surface area contributed by atoms with Crippen LogP contribution in [0.2, 0.25) is 0 Å². The molecule has 0 unspecified atom stereocenters. The predicted octanol–water partition coefficient (Wildman–Crippen LogP) is 6.56. The van der Waals surface area contributed by atoms with Gasteiger partial charge in [0.2, 0.25) is 5.91 Å². The van der Waals surface area contributed by atoms with Gasteiger partial charge in [-0.25, -0.2) is 0 Å². The maximum Gasteiger partial charge on any atom is 0.234 e. The summed E-state index contributed by atoms with van der Waals surface area (Å²) in [5.74, 6) is 2.34. The minimum Gasteiger partial charge on any atom is -0.467 e. The van der Waals surface area contributed by atoms with Gasteiger partial charge in [-0.15, -0.1) is 10.2 Å². The number of benzene rings is 2. The fourth-order valence-electron chi connectivity index (χ4n) is 3.90. The van der Waals surface area contributed by atoms with Crippen molar-refractivity contribution in [3.05, 3.63) is 83.8 Å². The third kappa shape index (κ3) is 5.42. The van der Waals surface area contributed by atoms with E-state index in [1.165, 1.54) is 11.8 Å². The lowest BCUT2D eigenvalue weighted by molar-refractivity contribution is -0.113. The largest absolute Gasteiger partial charge is 0.467 e. The number of anilines is 1. The van der Waals surface area contributed by atoms with Crippen LogP contribution in [0.4, 0.5) is 5.69 Å². The third-order valence-corrected chi connectivity index (χ3v) is 6.58. The summed E-state index contributed by atoms with van der Waals surface area (Å²) in [4.78, 5) is 13.0. The van der Waals surface area contributed by atoms with Gasteiger partial charge in [0, 0.05) is 11.3 Å². The molecule has 4 aromatic rings. The predicted molar refractivity (Wildman–Crippen MR) is 137 cm³/mol. The average Bonchev–Trinajstić information content (AvgIpc) is 3.48. The van der Waals surface area contributed by atoms with Gasteiger partial charge in [-0.2, -0.15) is 0 Å². The Bertz CT molecular complexity index is 1200. The molecule has 2 heterocycles. The number of amides is 1. The zero-order valence-corrected chi connectivity index (χ0v) is 20.8. The van der Waals surface area contributed by atoms with Crippen molar-refractivity contribution < 1.29 is 9.21 Å². The first-order valence-electron chi connectivity index (χ1n) is 11.5. The lowest BCUT2D eigenvalue weighted by Crippen LogP contribution is -2.18. The van der Waals surface area contributed by atoms with Gasteiger partial charge < -0.3 is 9.73 Å². The first-order chi connectivity index (χ1) is 16.4. The molecule has 7 heteroatoms. The molecule has 0 aliphatic heterocycles. The second-order valence-corrected chi connectivity index (χ2v) is 9.74. The van der Waals surface area contributed by atoms with Crippen LogP contribution in [0.15, 0.2) is 76.5 Å². The lowest BCUT2D eigenvalue weighted by atomic mass is 9.92. The highest BCUT2D eigenvalue weighted by Crippen LogP contribution is 2.33. The summed E-state index contributed by atoms with van der Waals surface area (Å²) >= 11 is 1.38. The number of para-hydroxylation sites is 1. The van der Waals surface area contributed by atoms with E-state index >= 15 is 0 Å². The third-order valence-electron chi connectivity index (χ3n) is 5.61. The molecule has 0 atom stereocenters. The van der Waals surface area contributed by atoms with E-state index in [0.29, 0.717) is 23.5 Å². The molecule has 0 fully saturated rings. The normalized spacial score (nSPS) is 11.4. The summed E-state index contributed by atoms with van der Waals surface area (Å²) in [6.45, 7) is 9.07. The number of carbonyl (C=O) groups is 1. The van der Waals surface area contributed by atoms with Crippen molar-refractivity contribution in [2.24, 2.45) is 0 Å². The Morgan fingerprint density at radius 3 is 2.26 bits per heavy atom. The summed E-state index contributed by atoms with van der Waals surface area (Å²) in [6, 6.07) is 19.9. The van der Waals surface area contributed by atoms with Crippen LogP contribution in [-0.2, 0) is 11.3 Å². The second-order valence-electron chi connectivity index (χ2n) is 8.80. The van der Waals surface area contributed by atoms with Gasteiger partial charge in [-0.3, -0.25) is 9.36 Å². The van der Waals surface area contributed by atoms with Crippen molar-refractivity contribution in [2.45, 2.75) is 51.2 Å². The smallest absolute Gasteiger partial charge is 0.234 e. The standard InChI is InChI=1S/C27H30N4O2S/c1-18(2)22-13-8-14-23(19(3)4)25(22)28-24(32)17-34-27-30-29-26(20-10-6-5-7-11-20)31(27)16-21-12-9-15-33-21/h5-15,18-19H,16-17H2,1-4H3,(H,28,32). The topological polar surface area (TPSA) is 73.0 Å². The minimum atomic E-state index is -0.0613. The molecule has 1 N–H and O–H groups in total. The van der Waals surface area contributed by atoms with Crippen molar-refractivity contribution in [3.8, 4) is 11.4 Å². The molecule has 0 aliphatic rings. The summed E-state index contributed by atoms with van der Waals surface area (Å²) in [6.07, 6.45) is 1.65. The van der Waals surface area contributed by atoms with E-state index in [2.05, 4.69) is 61.4 Å². The first kappa shape index (κ1) is 23.8. The van der Waals surface area contributed by atoms with E-state index in [-0.39, 0.29) is 11.7 Å². The monoisotopic (exact) mass is 474 g/mol. The molecule has 0 bridgehead atoms. The molecular weight excluding hydrogens is 444 g/mol. The van der Waals surface area contributed by atoms with E-state index in [9.17, 15) is 4.79 Å². The molecule has 0 aliphatic carbocycles. The van der Waals surface area contributed by atoms with Gasteiger partial charge in [-0.05, 0) is 35.1 Å². The fraction of sp³-hybridized carbons (Fsp3) is 0.296. The molecular formula is C27H30N4O2S. The summed E-state index contributed by atoms with van der Waals surface area (Å²) in [7, 11) is 0. The van der Waals surface area contributed by atoms with Crippen LogP contribution in [-0.4, -0.2) is 26.4 Å². The van der Waals surface area contributed by atoms with Crippen LogP contribution < -0.4 is 5.32 Å². The van der Waals surface area contributed by atoms with Crippen LogP contribution in [0.1, 0.15) is 56.4 Å². The Morgan fingerprint density at radius 2 is 1.65 bits per heavy atom. The number of thioether (sulfide) groups is 1. The molecule has 0 saturated heterocycles. The second kappa shape index (κ2) is 10.7. The van der Waals surface area contributed by atoms with Crippen molar-refractivity contribution in [2.75, 3.05) is 11.1 Å². The Balaban J connectivity index is 1.55. The summed E-state index contributed by atoms with van der Waals surface area (Å²) < 4.78 is 7.56. The molecule has 1 amide bonds. The summed E-state index contributed by atoms with van der Waals surface area (Å²) in [5.41, 5.74) is 4.19. The molecule has 0 radical (unpaired) electrons. The molecule has 0 spiro atoms. The molecule has 34 heavy (non-hydrogen) atoms. The Labute approximate surface area is 204 Å². The summed E-state index contributed by atoms with van der Waals surface area (Å²) in [5, 5.41) is 12.7. The number of carbonyl (C=O) groups excluding carboxylic acids is 1. The van der Waals surface area contributed by atoms with Crippen LogP contribution in [0.5, 0.6) is 0 Å². The zero-order chi connectivity index (χ0) is 24.1. The maximum absolute atomic E-state index is 13.0. The van der Waals surface area contributed by atoms with E-state index < -0.39 is 0 Å². The van der Waals surface area contributed by atoms with E-state index in [1.807, 2.05) is 47.0 Å². The fourth-order valence-corrected chi connectivity index (χ4v) is 4.64. The van der Waals surface area contributed by atoms with Gasteiger partial charge in [0.15, 0.2) is 11.0 Å². The average molecular weight is 475 g/mol. The highest BCUT2D eigenvalue weighted by molar-refractivity contribution is 7.99. The van der Waals surface area contributed by atoms with Crippen molar-refractivity contribution in [3.63, 3.8) is 0 Å². The zero-order valence-electron chi connectivity index (χ0n) is 20.0. The van der Waals surface area contributed by atoms with Gasteiger partial charge in [0.1, 0.15) is 5.76 Å². The van der Waals surface area contributed by atoms with E-state index in [4.69, 9.17) is 4.42 Å². The number of hydrogen-bond acceptors (Lipinski definition) is 5. The Morgan fingerprint density at radius 1 is 0.941 bits per heavy atom. The lowest BCUT2D eigenvalue weighted by Gasteiger charge is -2.20. The van der Waals surface area contributed by atoms with Crippen LogP contribution in [0.25, 0.3) is 11.4 Å². The van der Waals surface area contributed by atoms with Crippen LogP contribution in [0, 0.1) is 0 Å². The first-order valence-corrected chi connectivity index (χ1v) is 12.5. The van der Waals surface area contributed by atoms with Crippen LogP contribution >= 0.6 is 11.8 Å². The number of furan rings is 1. The molecule has 6 nitrogen and oxygen atoms in total. The van der Waals surface area contributed by atoms with Crippen LogP contribution in [0.3, 0.4) is 0 Å². The number of nitrogens with one attached hydrogen (secondary N) is 1. The highest BCUT2D eigenvalue weighted by Gasteiger charge is 2.19. The number of aromatic nitrogens is 3. The van der Waals surface area contributed by atoms with Crippen molar-refractivity contribution >= 4 is 23.4 Å². The van der Waals surface area contributed by atoms with Crippen molar-refractivity contribution in [1.29, 1.82) is 0 Å². The SMILES string of the molecule is CC(C)c1cccc(C(C)C)c1NC(=O)CSc1nnc(-c2ccccc2)n1Cc1ccco1. The number of hydrogen-bond donors (Lipinski definition) is 1. The Hall–Kier alpha value is -3.32. The number of nitrogens with zero attached hydrogens (tertiary/aromatic N) is 3. The molecule has 0 saturated carbocycles. The highest BCUT2D eigenvalue weighted by atomic mass is 32.2. The van der Waals surface area contributed by atoms with E-state index in [0.717, 1.165) is 34.0 Å². The van der Waals surface area contributed by atoms with Gasteiger partial charge >= 0.3 is 0 Å². The van der Waals surface area contributed by atoms with Crippen molar-refractivity contribution in [1.82, 2.24) is 14.8 Å². The molecule has 4 rings (SSSR count). The molecule has 176 valence electrons. The van der Waals surface area contributed by atoms with Gasteiger partial charge in [0.05, 0.1) is 18.6 Å². The molecule has 2 aromatic carbocycles. The minimum absolute atomic E-state index is 0.0613. The van der Waals surface area contributed by atoms with Gasteiger partial charge in [0.25, 0.3) is 0 Å². The number of rotatable bonds is 9. The maximum atomic E-state index is 13.0. The van der Waals surface area contributed by atoms with E-state index in [1.54, 1.807) is 6.26 Å².